The zero-order chi connectivity index (χ0) is 12.1. The second-order valence-corrected chi connectivity index (χ2v) is 4.57. The van der Waals surface area contributed by atoms with Crippen LogP contribution in [-0.4, -0.2) is 17.7 Å². The number of nitrogens with zero attached hydrogens (tertiary/aromatic N) is 1. The third-order valence-corrected chi connectivity index (χ3v) is 3.23. The summed E-state index contributed by atoms with van der Waals surface area (Å²) in [7, 11) is 1.93. The molecular formula is C14H13NOS. The van der Waals surface area contributed by atoms with Gasteiger partial charge in [0, 0.05) is 19.3 Å². The zero-order valence-electron chi connectivity index (χ0n) is 9.54. The van der Waals surface area contributed by atoms with E-state index in [1.165, 1.54) is 0 Å². The van der Waals surface area contributed by atoms with Gasteiger partial charge in [0.1, 0.15) is 0 Å². The van der Waals surface area contributed by atoms with Crippen molar-refractivity contribution in [2.75, 3.05) is 7.05 Å². The van der Waals surface area contributed by atoms with Crippen molar-refractivity contribution >= 4 is 23.6 Å². The topological polar surface area (TPSA) is 20.3 Å². The molecule has 2 nitrogen and oxygen atoms in total. The lowest BCUT2D eigenvalue weighted by Gasteiger charge is -2.08. The van der Waals surface area contributed by atoms with Crippen LogP contribution in [0.25, 0.3) is 6.08 Å². The number of ketones is 1. The second-order valence-electron chi connectivity index (χ2n) is 3.64. The minimum atomic E-state index is 0.00639. The summed E-state index contributed by atoms with van der Waals surface area (Å²) >= 11 is 1.55. The van der Waals surface area contributed by atoms with Gasteiger partial charge in [0.25, 0.3) is 0 Å². The third-order valence-electron chi connectivity index (χ3n) is 2.33. The van der Waals surface area contributed by atoms with Gasteiger partial charge < -0.3 is 4.90 Å². The normalized spacial score (nSPS) is 17.2. The van der Waals surface area contributed by atoms with Crippen LogP contribution >= 0.6 is 11.8 Å². The second kappa shape index (κ2) is 5.55. The fraction of sp³-hybridized carbons (Fsp3) is 0.0714. The Labute approximate surface area is 105 Å². The van der Waals surface area contributed by atoms with E-state index in [9.17, 15) is 4.79 Å². The molecule has 1 heterocycles. The molecule has 17 heavy (non-hydrogen) atoms. The van der Waals surface area contributed by atoms with Gasteiger partial charge >= 0.3 is 0 Å². The van der Waals surface area contributed by atoms with Crippen molar-refractivity contribution in [3.8, 4) is 0 Å². The molecule has 86 valence electrons. The monoisotopic (exact) mass is 243 g/mol. The van der Waals surface area contributed by atoms with Crippen molar-refractivity contribution in [3.63, 3.8) is 0 Å². The molecule has 1 aliphatic heterocycles. The van der Waals surface area contributed by atoms with E-state index in [2.05, 4.69) is 0 Å². The van der Waals surface area contributed by atoms with Crippen LogP contribution in [0.5, 0.6) is 0 Å². The molecule has 0 atom stereocenters. The molecule has 0 spiro atoms. The highest BCUT2D eigenvalue weighted by atomic mass is 32.2. The lowest BCUT2D eigenvalue weighted by Crippen LogP contribution is -2.04. The Morgan fingerprint density at radius 1 is 1.29 bits per heavy atom. The van der Waals surface area contributed by atoms with E-state index in [4.69, 9.17) is 0 Å². The smallest absolute Gasteiger partial charge is 0.181 e. The summed E-state index contributed by atoms with van der Waals surface area (Å²) in [6.45, 7) is 0. The van der Waals surface area contributed by atoms with E-state index >= 15 is 0 Å². The predicted octanol–water partition coefficient (Wildman–Crippen LogP) is 3.26. The van der Waals surface area contributed by atoms with Gasteiger partial charge in [-0.1, -0.05) is 48.2 Å². The summed E-state index contributed by atoms with van der Waals surface area (Å²) in [4.78, 5) is 13.6. The molecule has 0 fully saturated rings. The minimum absolute atomic E-state index is 0.00639. The highest BCUT2D eigenvalue weighted by Gasteiger charge is 2.08. The quantitative estimate of drug-likeness (QED) is 0.760. The van der Waals surface area contributed by atoms with Crippen LogP contribution in [0.4, 0.5) is 0 Å². The zero-order valence-corrected chi connectivity index (χ0v) is 10.4. The highest BCUT2D eigenvalue weighted by Crippen LogP contribution is 2.26. The van der Waals surface area contributed by atoms with Crippen molar-refractivity contribution in [1.29, 1.82) is 0 Å². The number of hydrogen-bond donors (Lipinski definition) is 0. The standard InChI is InChI=1S/C14H13NOS/c1-15-9-10-17-14(15)11-13(16)8-7-12-5-3-2-4-6-12/h2-11H,1H3/b8-7+,14-11+. The summed E-state index contributed by atoms with van der Waals surface area (Å²) in [6, 6.07) is 9.79. The van der Waals surface area contributed by atoms with Gasteiger partial charge in [0.15, 0.2) is 5.78 Å². The van der Waals surface area contributed by atoms with Gasteiger partial charge in [-0.3, -0.25) is 4.79 Å². The van der Waals surface area contributed by atoms with Gasteiger partial charge in [-0.25, -0.2) is 0 Å². The van der Waals surface area contributed by atoms with Crippen LogP contribution in [0.3, 0.4) is 0 Å². The number of allylic oxidation sites excluding steroid dienone is 2. The van der Waals surface area contributed by atoms with Crippen LogP contribution in [0.1, 0.15) is 5.56 Å². The molecule has 0 aromatic heterocycles. The van der Waals surface area contributed by atoms with Gasteiger partial charge in [0.05, 0.1) is 5.03 Å². The van der Waals surface area contributed by atoms with Gasteiger partial charge in [-0.05, 0) is 17.0 Å². The first-order valence-electron chi connectivity index (χ1n) is 5.31. The summed E-state index contributed by atoms with van der Waals surface area (Å²) in [6.07, 6.45) is 7.00. The molecule has 1 aromatic carbocycles. The van der Waals surface area contributed by atoms with Crippen molar-refractivity contribution in [2.24, 2.45) is 0 Å². The summed E-state index contributed by atoms with van der Waals surface area (Å²) < 4.78 is 0. The largest absolute Gasteiger partial charge is 0.345 e. The van der Waals surface area contributed by atoms with Crippen molar-refractivity contribution in [2.45, 2.75) is 0 Å². The first-order chi connectivity index (χ1) is 8.25. The maximum atomic E-state index is 11.7. The molecule has 0 bridgehead atoms. The molecular weight excluding hydrogens is 230 g/mol. The minimum Gasteiger partial charge on any atom is -0.345 e. The van der Waals surface area contributed by atoms with E-state index in [0.29, 0.717) is 0 Å². The number of hydrogen-bond acceptors (Lipinski definition) is 3. The number of rotatable bonds is 3. The Bertz CT molecular complexity index is 488. The van der Waals surface area contributed by atoms with Crippen molar-refractivity contribution in [3.05, 3.63) is 64.7 Å². The SMILES string of the molecule is CN1C=CS/C1=C/C(=O)/C=C/c1ccccc1. The van der Waals surface area contributed by atoms with E-state index in [0.717, 1.165) is 10.6 Å². The Balaban J connectivity index is 2.01. The van der Waals surface area contributed by atoms with Crippen LogP contribution in [-0.2, 0) is 4.79 Å². The molecule has 0 radical (unpaired) electrons. The molecule has 0 amide bonds. The van der Waals surface area contributed by atoms with Gasteiger partial charge in [0.2, 0.25) is 0 Å². The van der Waals surface area contributed by atoms with Crippen molar-refractivity contribution < 1.29 is 4.79 Å². The van der Waals surface area contributed by atoms with Crippen LogP contribution in [0, 0.1) is 0 Å². The maximum absolute atomic E-state index is 11.7. The van der Waals surface area contributed by atoms with E-state index in [1.807, 2.05) is 60.0 Å². The molecule has 0 unspecified atom stereocenters. The van der Waals surface area contributed by atoms with Crippen molar-refractivity contribution in [1.82, 2.24) is 4.90 Å². The molecule has 0 N–H and O–H groups in total. The Hall–Kier alpha value is -1.74. The predicted molar refractivity (Wildman–Crippen MR) is 73.1 cm³/mol. The molecule has 0 saturated heterocycles. The Kier molecular flexibility index (Phi) is 3.83. The first-order valence-corrected chi connectivity index (χ1v) is 6.18. The number of benzene rings is 1. The third kappa shape index (κ3) is 3.36. The first kappa shape index (κ1) is 11.7. The number of carbonyl (C=O) groups excluding carboxylic acids is 1. The average Bonchev–Trinajstić information content (AvgIpc) is 2.74. The average molecular weight is 243 g/mol. The summed E-state index contributed by atoms with van der Waals surface area (Å²) in [5, 5.41) is 2.91. The number of carbonyl (C=O) groups is 1. The molecule has 0 aliphatic carbocycles. The van der Waals surface area contributed by atoms with E-state index in [-0.39, 0.29) is 5.78 Å². The Morgan fingerprint density at radius 3 is 2.71 bits per heavy atom. The molecule has 3 heteroatoms. The van der Waals surface area contributed by atoms with Crippen LogP contribution in [0.15, 0.2) is 59.1 Å². The lowest BCUT2D eigenvalue weighted by atomic mass is 10.2. The van der Waals surface area contributed by atoms with E-state index in [1.54, 1.807) is 23.9 Å². The fourth-order valence-corrected chi connectivity index (χ4v) is 2.19. The lowest BCUT2D eigenvalue weighted by molar-refractivity contribution is -0.110. The van der Waals surface area contributed by atoms with Crippen LogP contribution in [0.2, 0.25) is 0 Å². The van der Waals surface area contributed by atoms with E-state index < -0.39 is 0 Å². The fourth-order valence-electron chi connectivity index (χ4n) is 1.40. The Morgan fingerprint density at radius 2 is 2.06 bits per heavy atom. The molecule has 0 saturated carbocycles. The van der Waals surface area contributed by atoms with Crippen LogP contribution < -0.4 is 0 Å². The molecule has 1 aliphatic rings. The highest BCUT2D eigenvalue weighted by molar-refractivity contribution is 8.06. The van der Waals surface area contributed by atoms with Gasteiger partial charge in [-0.2, -0.15) is 0 Å². The van der Waals surface area contributed by atoms with Gasteiger partial charge in [-0.15, -0.1) is 0 Å². The summed E-state index contributed by atoms with van der Waals surface area (Å²) in [5.41, 5.74) is 1.03. The molecule has 1 aromatic rings. The molecule has 2 rings (SSSR count). The maximum Gasteiger partial charge on any atom is 0.181 e. The summed E-state index contributed by atoms with van der Waals surface area (Å²) in [5.74, 6) is 0.00639. The number of thioether (sulfide) groups is 1.